The Morgan fingerprint density at radius 3 is 1.96 bits per heavy atom. The molecule has 8 aromatic carbocycles. The summed E-state index contributed by atoms with van der Waals surface area (Å²) in [6, 6.07) is 60.8. The van der Waals surface area contributed by atoms with Gasteiger partial charge in [0.2, 0.25) is 5.96 Å². The standard InChI is InChI=1S/C45H32N4/c1-3-14-29(15-4-1)32-19-13-20-33(28-32)44-46-43(31-17-5-2-6-18-31)47-45(48-44)49-39-25-12-11-24-38(39)41-40-34-21-8-7-16-30(34)26-27-36(40)35-22-9-10-23-37(35)42(41)49/h1-28,43-44,46H,(H,47,48). The van der Waals surface area contributed by atoms with Crippen LogP contribution in [0.3, 0.4) is 0 Å². The van der Waals surface area contributed by atoms with Crippen LogP contribution < -0.4 is 10.6 Å². The van der Waals surface area contributed by atoms with Crippen LogP contribution in [-0.4, -0.2) is 10.5 Å². The molecule has 4 heteroatoms. The quantitative estimate of drug-likeness (QED) is 0.191. The van der Waals surface area contributed by atoms with Crippen LogP contribution in [0.5, 0.6) is 0 Å². The molecule has 2 heterocycles. The number of aliphatic imine (C=N–C) groups is 1. The Morgan fingerprint density at radius 2 is 1.12 bits per heavy atom. The average Bonchev–Trinajstić information content (AvgIpc) is 3.54. The molecule has 10 rings (SSSR count). The molecule has 0 aliphatic carbocycles. The van der Waals surface area contributed by atoms with E-state index in [0.717, 1.165) is 28.1 Å². The second kappa shape index (κ2) is 11.2. The molecule has 1 aliphatic rings. The maximum atomic E-state index is 5.51. The van der Waals surface area contributed by atoms with Crippen molar-refractivity contribution in [3.63, 3.8) is 0 Å². The van der Waals surface area contributed by atoms with Crippen LogP contribution in [0.25, 0.3) is 65.3 Å². The molecule has 0 radical (unpaired) electrons. The molecule has 2 unspecified atom stereocenters. The van der Waals surface area contributed by atoms with E-state index in [1.54, 1.807) is 0 Å². The van der Waals surface area contributed by atoms with Gasteiger partial charge < -0.3 is 5.32 Å². The predicted molar refractivity (Wildman–Crippen MR) is 205 cm³/mol. The van der Waals surface area contributed by atoms with Crippen LogP contribution in [0, 0.1) is 0 Å². The van der Waals surface area contributed by atoms with Crippen molar-refractivity contribution in [1.82, 2.24) is 15.2 Å². The molecule has 0 amide bonds. The van der Waals surface area contributed by atoms with Crippen LogP contribution >= 0.6 is 0 Å². The van der Waals surface area contributed by atoms with Crippen LogP contribution in [0.1, 0.15) is 23.5 Å². The monoisotopic (exact) mass is 628 g/mol. The molecule has 2 atom stereocenters. The third-order valence-corrected chi connectivity index (χ3v) is 10.0. The zero-order valence-electron chi connectivity index (χ0n) is 26.7. The lowest BCUT2D eigenvalue weighted by Crippen LogP contribution is -2.47. The molecule has 9 aromatic rings. The summed E-state index contributed by atoms with van der Waals surface area (Å²) in [5.74, 6) is 0.818. The van der Waals surface area contributed by atoms with E-state index in [2.05, 4.69) is 185 Å². The number of para-hydroxylation sites is 1. The van der Waals surface area contributed by atoms with Gasteiger partial charge in [0.05, 0.1) is 11.0 Å². The highest BCUT2D eigenvalue weighted by Crippen LogP contribution is 2.44. The van der Waals surface area contributed by atoms with Gasteiger partial charge >= 0.3 is 0 Å². The fourth-order valence-corrected chi connectivity index (χ4v) is 7.82. The minimum absolute atomic E-state index is 0.164. The Bertz CT molecular complexity index is 2730. The number of benzene rings is 8. The first kappa shape index (κ1) is 27.8. The molecule has 232 valence electrons. The topological polar surface area (TPSA) is 41.4 Å². The normalized spacial score (nSPS) is 16.4. The van der Waals surface area contributed by atoms with Gasteiger partial charge in [0.1, 0.15) is 12.3 Å². The smallest absolute Gasteiger partial charge is 0.206 e. The van der Waals surface area contributed by atoms with E-state index >= 15 is 0 Å². The molecule has 0 spiro atoms. The number of hydrogen-bond donors (Lipinski definition) is 2. The summed E-state index contributed by atoms with van der Waals surface area (Å²) in [7, 11) is 0. The second-order valence-corrected chi connectivity index (χ2v) is 12.8. The fraction of sp³-hybridized carbons (Fsp3) is 0.0444. The van der Waals surface area contributed by atoms with Gasteiger partial charge in [-0.3, -0.25) is 9.88 Å². The molecule has 49 heavy (non-hydrogen) atoms. The molecule has 1 aliphatic heterocycles. The molecule has 0 bridgehead atoms. The third kappa shape index (κ3) is 4.46. The molecule has 0 saturated carbocycles. The summed E-state index contributed by atoms with van der Waals surface area (Å²) < 4.78 is 2.37. The van der Waals surface area contributed by atoms with Gasteiger partial charge in [-0.1, -0.05) is 158 Å². The first-order valence-electron chi connectivity index (χ1n) is 16.9. The zero-order valence-corrected chi connectivity index (χ0v) is 26.7. The minimum Gasteiger partial charge on any atom is -0.336 e. The summed E-state index contributed by atoms with van der Waals surface area (Å²) in [4.78, 5) is 5.51. The van der Waals surface area contributed by atoms with E-state index in [4.69, 9.17) is 4.99 Å². The van der Waals surface area contributed by atoms with E-state index < -0.39 is 0 Å². The molecule has 1 aromatic heterocycles. The number of nitrogens with one attached hydrogen (secondary N) is 2. The Hall–Kier alpha value is -6.23. The van der Waals surface area contributed by atoms with Gasteiger partial charge in [-0.2, -0.15) is 0 Å². The van der Waals surface area contributed by atoms with Crippen molar-refractivity contribution >= 4 is 60.1 Å². The summed E-state index contributed by atoms with van der Waals surface area (Å²) in [6.45, 7) is 0. The van der Waals surface area contributed by atoms with Gasteiger partial charge in [0.25, 0.3) is 0 Å². The van der Waals surface area contributed by atoms with Crippen LogP contribution in [0.15, 0.2) is 175 Å². The molecule has 2 N–H and O–H groups in total. The second-order valence-electron chi connectivity index (χ2n) is 12.8. The third-order valence-electron chi connectivity index (χ3n) is 10.0. The van der Waals surface area contributed by atoms with Gasteiger partial charge in [-0.05, 0) is 55.9 Å². The van der Waals surface area contributed by atoms with E-state index in [0.29, 0.717) is 0 Å². The molecule has 0 saturated heterocycles. The van der Waals surface area contributed by atoms with Crippen LogP contribution in [-0.2, 0) is 0 Å². The lowest BCUT2D eigenvalue weighted by molar-refractivity contribution is 0.403. The predicted octanol–water partition coefficient (Wildman–Crippen LogP) is 10.7. The number of aromatic nitrogens is 1. The lowest BCUT2D eigenvalue weighted by atomic mass is 9.93. The first-order chi connectivity index (χ1) is 24.3. The zero-order chi connectivity index (χ0) is 32.3. The summed E-state index contributed by atoms with van der Waals surface area (Å²) in [5.41, 5.74) is 6.92. The van der Waals surface area contributed by atoms with Crippen molar-refractivity contribution < 1.29 is 0 Å². The molecular weight excluding hydrogens is 597 g/mol. The molecular formula is C45H32N4. The van der Waals surface area contributed by atoms with Gasteiger partial charge in [-0.25, -0.2) is 4.99 Å². The Kier molecular flexibility index (Phi) is 6.36. The summed E-state index contributed by atoms with van der Waals surface area (Å²) >= 11 is 0. The Balaban J connectivity index is 1.29. The van der Waals surface area contributed by atoms with Crippen molar-refractivity contribution in [3.05, 3.63) is 181 Å². The fourth-order valence-electron chi connectivity index (χ4n) is 7.82. The van der Waals surface area contributed by atoms with Gasteiger partial charge in [0, 0.05) is 21.5 Å². The van der Waals surface area contributed by atoms with E-state index in [9.17, 15) is 0 Å². The highest BCUT2D eigenvalue weighted by Gasteiger charge is 2.29. The highest BCUT2D eigenvalue weighted by molar-refractivity contribution is 6.37. The molecule has 4 nitrogen and oxygen atoms in total. The minimum atomic E-state index is -0.283. The van der Waals surface area contributed by atoms with E-state index in [-0.39, 0.29) is 12.3 Å². The number of rotatable bonds is 3. The summed E-state index contributed by atoms with van der Waals surface area (Å²) in [5, 5.41) is 17.6. The van der Waals surface area contributed by atoms with Crippen molar-refractivity contribution in [2.75, 3.05) is 0 Å². The van der Waals surface area contributed by atoms with Gasteiger partial charge in [-0.15, -0.1) is 0 Å². The Labute approximate surface area is 284 Å². The molecule has 0 fully saturated rings. The van der Waals surface area contributed by atoms with Crippen molar-refractivity contribution in [2.24, 2.45) is 4.99 Å². The SMILES string of the molecule is c1ccc(-c2cccc(C3N=C(n4c5ccccc5c5c6c7ccccc7ccc6c6ccccc6c54)NC(c4ccccc4)N3)c2)cc1. The number of fused-ring (bicyclic) bond motifs is 10. The van der Waals surface area contributed by atoms with Gasteiger partial charge in [0.15, 0.2) is 0 Å². The van der Waals surface area contributed by atoms with E-state index in [1.807, 2.05) is 0 Å². The van der Waals surface area contributed by atoms with E-state index in [1.165, 1.54) is 54.2 Å². The lowest BCUT2D eigenvalue weighted by Gasteiger charge is -2.33. The maximum absolute atomic E-state index is 5.51. The summed E-state index contributed by atoms with van der Waals surface area (Å²) in [6.07, 6.45) is -0.447. The van der Waals surface area contributed by atoms with Crippen molar-refractivity contribution in [2.45, 2.75) is 12.3 Å². The van der Waals surface area contributed by atoms with Crippen LogP contribution in [0.2, 0.25) is 0 Å². The first-order valence-corrected chi connectivity index (χ1v) is 16.9. The van der Waals surface area contributed by atoms with Crippen molar-refractivity contribution in [1.29, 1.82) is 0 Å². The Morgan fingerprint density at radius 1 is 0.469 bits per heavy atom. The largest absolute Gasteiger partial charge is 0.336 e. The average molecular weight is 629 g/mol. The van der Waals surface area contributed by atoms with Crippen LogP contribution in [0.4, 0.5) is 0 Å². The number of hydrogen-bond acceptors (Lipinski definition) is 3. The van der Waals surface area contributed by atoms with Crippen molar-refractivity contribution in [3.8, 4) is 11.1 Å². The highest BCUT2D eigenvalue weighted by atomic mass is 15.4. The maximum Gasteiger partial charge on any atom is 0.206 e. The number of nitrogens with zero attached hydrogens (tertiary/aromatic N) is 2.